The number of fused-ring (bicyclic) bond motifs is 2. The van der Waals surface area contributed by atoms with Crippen LogP contribution >= 0.6 is 22.9 Å². The number of aliphatic hydroxyl groups is 2. The Morgan fingerprint density at radius 1 is 1.02 bits per heavy atom. The number of likely N-dealkylation sites (tertiary alicyclic amines) is 2. The second-order valence-electron chi connectivity index (χ2n) is 14.6. The SMILES string of the molecule is CC(=O)N1CC(N2CCC(c3nn(C(O)O)c4ccc(-c5nc6cc(C)c([C@H](OC(C)(C)C)C(=O)O)c(-c7ccc(Cl)cc7)c6s5)cc34)CC2)C1. The molecule has 1 atom stereocenters. The first-order chi connectivity index (χ1) is 24.2. The van der Waals surface area contributed by atoms with Gasteiger partial charge in [-0.3, -0.25) is 9.69 Å². The van der Waals surface area contributed by atoms with Crippen molar-refractivity contribution in [3.05, 3.63) is 70.4 Å². The molecular formula is C38H42ClN5O6S. The Morgan fingerprint density at radius 3 is 2.29 bits per heavy atom. The van der Waals surface area contributed by atoms with E-state index in [1.165, 1.54) is 16.0 Å². The number of carbonyl (C=O) groups excluding carboxylic acids is 1. The van der Waals surface area contributed by atoms with E-state index in [0.29, 0.717) is 22.1 Å². The van der Waals surface area contributed by atoms with Crippen LogP contribution in [0.3, 0.4) is 0 Å². The molecule has 0 aliphatic carbocycles. The number of hydrogen-bond acceptors (Lipinski definition) is 9. The summed E-state index contributed by atoms with van der Waals surface area (Å²) in [7, 11) is 0. The first kappa shape index (κ1) is 35.5. The monoisotopic (exact) mass is 731 g/mol. The Hall–Kier alpha value is -3.91. The van der Waals surface area contributed by atoms with Gasteiger partial charge in [0.15, 0.2) is 6.10 Å². The van der Waals surface area contributed by atoms with Crippen molar-refractivity contribution in [3.63, 3.8) is 0 Å². The molecule has 0 saturated carbocycles. The fraction of sp³-hybridized carbons (Fsp3) is 0.421. The average molecular weight is 732 g/mol. The molecule has 2 aromatic heterocycles. The largest absolute Gasteiger partial charge is 0.479 e. The van der Waals surface area contributed by atoms with E-state index in [1.807, 2.05) is 69.0 Å². The first-order valence-corrected chi connectivity index (χ1v) is 18.4. The Balaban J connectivity index is 1.29. The van der Waals surface area contributed by atoms with Gasteiger partial charge in [-0.05, 0) is 101 Å². The van der Waals surface area contributed by atoms with E-state index in [2.05, 4.69) is 4.90 Å². The molecule has 2 aliphatic heterocycles. The number of amides is 1. The molecule has 7 rings (SSSR count). The maximum Gasteiger partial charge on any atom is 0.337 e. The van der Waals surface area contributed by atoms with E-state index in [1.54, 1.807) is 19.1 Å². The molecule has 0 spiro atoms. The number of aliphatic hydroxyl groups excluding tert-OH is 1. The highest BCUT2D eigenvalue weighted by molar-refractivity contribution is 7.22. The van der Waals surface area contributed by atoms with Crippen molar-refractivity contribution >= 4 is 55.9 Å². The first-order valence-electron chi connectivity index (χ1n) is 17.2. The summed E-state index contributed by atoms with van der Waals surface area (Å²) >= 11 is 7.74. The van der Waals surface area contributed by atoms with E-state index >= 15 is 0 Å². The van der Waals surface area contributed by atoms with Gasteiger partial charge in [0.05, 0.1) is 27.0 Å². The number of aromatic nitrogens is 3. The van der Waals surface area contributed by atoms with E-state index in [4.69, 9.17) is 26.4 Å². The molecule has 2 fully saturated rings. The minimum Gasteiger partial charge on any atom is -0.479 e. The van der Waals surface area contributed by atoms with Crippen LogP contribution in [0.15, 0.2) is 48.5 Å². The Kier molecular flexibility index (Phi) is 9.45. The molecule has 3 N–H and O–H groups in total. The number of carboxylic acid groups (broad SMARTS) is 1. The number of carbonyl (C=O) groups is 2. The van der Waals surface area contributed by atoms with Gasteiger partial charge in [-0.1, -0.05) is 23.7 Å². The van der Waals surface area contributed by atoms with Gasteiger partial charge in [0.25, 0.3) is 6.41 Å². The van der Waals surface area contributed by atoms with E-state index < -0.39 is 24.1 Å². The van der Waals surface area contributed by atoms with Crippen LogP contribution in [0.5, 0.6) is 0 Å². The molecule has 0 bridgehead atoms. The van der Waals surface area contributed by atoms with Crippen LogP contribution in [-0.4, -0.2) is 89.6 Å². The molecule has 0 radical (unpaired) electrons. The smallest absolute Gasteiger partial charge is 0.337 e. The third kappa shape index (κ3) is 6.88. The van der Waals surface area contributed by atoms with Crippen LogP contribution < -0.4 is 0 Å². The molecule has 268 valence electrons. The van der Waals surface area contributed by atoms with Gasteiger partial charge >= 0.3 is 5.97 Å². The highest BCUT2D eigenvalue weighted by atomic mass is 35.5. The molecule has 4 heterocycles. The fourth-order valence-electron chi connectivity index (χ4n) is 7.42. The Bertz CT molecular complexity index is 2120. The summed E-state index contributed by atoms with van der Waals surface area (Å²) in [4.78, 5) is 33.8. The molecule has 51 heavy (non-hydrogen) atoms. The highest BCUT2D eigenvalue weighted by Crippen LogP contribution is 2.45. The minimum absolute atomic E-state index is 0.112. The van der Waals surface area contributed by atoms with Crippen molar-refractivity contribution in [2.75, 3.05) is 26.2 Å². The van der Waals surface area contributed by atoms with Gasteiger partial charge in [0.2, 0.25) is 5.91 Å². The number of halogens is 1. The molecule has 0 unspecified atom stereocenters. The molecule has 2 aliphatic rings. The standard InChI is InChI=1S/C38H42ClN5O6S/c1-20-16-28-34(31(22-6-9-25(39)10-7-22)30(20)33(36(46)47)50-38(3,4)5)51-35(40-28)24-8-11-29-27(17-24)32(41-44(29)37(48)49)23-12-14-42(15-13-23)26-18-43(19-26)21(2)45/h6-11,16-17,23,26,33,37,48-49H,12-15,18-19H2,1-5H3,(H,46,47)/t33-/m0/s1. The van der Waals surface area contributed by atoms with Crippen molar-refractivity contribution in [2.45, 2.75) is 77.5 Å². The van der Waals surface area contributed by atoms with Crippen LogP contribution in [0.2, 0.25) is 5.02 Å². The van der Waals surface area contributed by atoms with Crippen molar-refractivity contribution in [2.24, 2.45) is 0 Å². The van der Waals surface area contributed by atoms with Gasteiger partial charge in [-0.15, -0.1) is 11.3 Å². The number of aryl methyl sites for hydroxylation is 1. The van der Waals surface area contributed by atoms with Crippen LogP contribution in [0, 0.1) is 6.92 Å². The lowest BCUT2D eigenvalue weighted by atomic mass is 9.90. The minimum atomic E-state index is -1.79. The maximum absolute atomic E-state index is 12.8. The summed E-state index contributed by atoms with van der Waals surface area (Å²) in [5.41, 5.74) is 5.16. The molecule has 11 nitrogen and oxygen atoms in total. The number of carboxylic acids is 1. The molecule has 2 saturated heterocycles. The third-order valence-corrected chi connectivity index (χ3v) is 11.3. The van der Waals surface area contributed by atoms with Gasteiger partial charge < -0.3 is 25.0 Å². The lowest BCUT2D eigenvalue weighted by Gasteiger charge is -2.47. The Labute approximate surface area is 305 Å². The van der Waals surface area contributed by atoms with Crippen molar-refractivity contribution < 1.29 is 29.6 Å². The summed E-state index contributed by atoms with van der Waals surface area (Å²) in [5.74, 6) is -0.846. The second kappa shape index (κ2) is 13.6. The second-order valence-corrected chi connectivity index (χ2v) is 16.0. The van der Waals surface area contributed by atoms with Crippen LogP contribution in [0.25, 0.3) is 42.8 Å². The molecule has 13 heteroatoms. The van der Waals surface area contributed by atoms with Gasteiger partial charge in [-0.25, -0.2) is 14.5 Å². The highest BCUT2D eigenvalue weighted by Gasteiger charge is 2.37. The van der Waals surface area contributed by atoms with Crippen molar-refractivity contribution in [1.82, 2.24) is 24.6 Å². The summed E-state index contributed by atoms with van der Waals surface area (Å²) in [6.07, 6.45) is -1.28. The average Bonchev–Trinajstić information content (AvgIpc) is 3.64. The molecule has 5 aromatic rings. The number of benzene rings is 3. The topological polar surface area (TPSA) is 141 Å². The number of hydrogen-bond donors (Lipinski definition) is 3. The third-order valence-electron chi connectivity index (χ3n) is 9.96. The Morgan fingerprint density at radius 2 is 1.69 bits per heavy atom. The van der Waals surface area contributed by atoms with Gasteiger partial charge in [-0.2, -0.15) is 5.10 Å². The number of thiazole rings is 1. The zero-order chi connectivity index (χ0) is 36.4. The van der Waals surface area contributed by atoms with Gasteiger partial charge in [0.1, 0.15) is 5.01 Å². The summed E-state index contributed by atoms with van der Waals surface area (Å²) < 4.78 is 8.25. The lowest BCUT2D eigenvalue weighted by molar-refractivity contribution is -0.160. The van der Waals surface area contributed by atoms with Crippen molar-refractivity contribution in [3.8, 4) is 21.7 Å². The normalized spacial score (nSPS) is 17.1. The zero-order valence-corrected chi connectivity index (χ0v) is 30.8. The molecule has 1 amide bonds. The quantitative estimate of drug-likeness (QED) is 0.148. The van der Waals surface area contributed by atoms with Crippen LogP contribution in [0.1, 0.15) is 75.8 Å². The van der Waals surface area contributed by atoms with Gasteiger partial charge in [0, 0.05) is 59.1 Å². The predicted molar refractivity (Wildman–Crippen MR) is 198 cm³/mol. The number of aliphatic carboxylic acids is 1. The van der Waals surface area contributed by atoms with E-state index in [-0.39, 0.29) is 11.8 Å². The van der Waals surface area contributed by atoms with E-state index in [0.717, 1.165) is 87.6 Å². The summed E-state index contributed by atoms with van der Waals surface area (Å²) in [6.45, 7) is 12.3. The number of piperidine rings is 1. The summed E-state index contributed by atoms with van der Waals surface area (Å²) in [6, 6.07) is 15.4. The molecule has 3 aromatic carbocycles. The summed E-state index contributed by atoms with van der Waals surface area (Å²) in [5, 5.41) is 37.8. The lowest BCUT2D eigenvalue weighted by Crippen LogP contribution is -2.61. The number of rotatable bonds is 8. The van der Waals surface area contributed by atoms with Crippen LogP contribution in [0.4, 0.5) is 0 Å². The zero-order valence-electron chi connectivity index (χ0n) is 29.3. The fourth-order valence-corrected chi connectivity index (χ4v) is 8.67. The van der Waals surface area contributed by atoms with Crippen molar-refractivity contribution in [1.29, 1.82) is 0 Å². The van der Waals surface area contributed by atoms with Crippen LogP contribution in [-0.2, 0) is 14.3 Å². The van der Waals surface area contributed by atoms with E-state index in [9.17, 15) is 24.9 Å². The maximum atomic E-state index is 12.8. The molecular weight excluding hydrogens is 690 g/mol. The predicted octanol–water partition coefficient (Wildman–Crippen LogP) is 6.73. The number of ether oxygens (including phenoxy) is 1. The number of nitrogens with zero attached hydrogens (tertiary/aromatic N) is 5.